The molecule has 1 unspecified atom stereocenters. The van der Waals surface area contributed by atoms with E-state index in [4.69, 9.17) is 0 Å². The number of fused-ring (bicyclic) bond motifs is 3. The zero-order valence-corrected chi connectivity index (χ0v) is 7.51. The third-order valence-electron chi connectivity index (χ3n) is 2.69. The van der Waals surface area contributed by atoms with Gasteiger partial charge in [-0.15, -0.1) is 0 Å². The van der Waals surface area contributed by atoms with Gasteiger partial charge in [-0.2, -0.15) is 0 Å². The first-order valence-corrected chi connectivity index (χ1v) is 4.57. The van der Waals surface area contributed by atoms with E-state index in [1.54, 1.807) is 18.4 Å². The molecule has 2 heteroatoms. The Kier molecular flexibility index (Phi) is 1.33. The van der Waals surface area contributed by atoms with Crippen LogP contribution in [0.15, 0.2) is 47.1 Å². The van der Waals surface area contributed by atoms with Crippen molar-refractivity contribution in [3.05, 3.63) is 53.2 Å². The van der Waals surface area contributed by atoms with Crippen LogP contribution in [-0.2, 0) is 5.60 Å². The van der Waals surface area contributed by atoms with Crippen molar-refractivity contribution in [1.29, 1.82) is 0 Å². The Bertz CT molecular complexity index is 485. The lowest BCUT2D eigenvalue weighted by Crippen LogP contribution is -2.23. The normalized spacial score (nSPS) is 27.1. The van der Waals surface area contributed by atoms with Gasteiger partial charge in [0.25, 0.3) is 0 Å². The standard InChI is InChI=1S/C12H9NO/c14-12-6-3-7-13-11(12)8-9-4-1-2-5-10(9)12/h1-8,14H. The summed E-state index contributed by atoms with van der Waals surface area (Å²) < 4.78 is 0. The minimum absolute atomic E-state index is 0.709. The largest absolute Gasteiger partial charge is 0.375 e. The highest BCUT2D eigenvalue weighted by molar-refractivity contribution is 5.81. The molecule has 0 radical (unpaired) electrons. The zero-order valence-electron chi connectivity index (χ0n) is 7.51. The van der Waals surface area contributed by atoms with E-state index < -0.39 is 5.60 Å². The topological polar surface area (TPSA) is 32.6 Å². The molecule has 14 heavy (non-hydrogen) atoms. The fourth-order valence-corrected chi connectivity index (χ4v) is 1.98. The molecule has 2 nitrogen and oxygen atoms in total. The van der Waals surface area contributed by atoms with Gasteiger partial charge < -0.3 is 5.11 Å². The Morgan fingerprint density at radius 1 is 1.21 bits per heavy atom. The Labute approximate surface area is 81.9 Å². The molecule has 0 saturated heterocycles. The number of dihydropyridines is 1. The molecule has 0 spiro atoms. The fourth-order valence-electron chi connectivity index (χ4n) is 1.98. The summed E-state index contributed by atoms with van der Waals surface area (Å²) in [6.45, 7) is 0. The van der Waals surface area contributed by atoms with E-state index in [1.165, 1.54) is 0 Å². The molecular weight excluding hydrogens is 174 g/mol. The van der Waals surface area contributed by atoms with Crippen LogP contribution in [0.4, 0.5) is 0 Å². The summed E-state index contributed by atoms with van der Waals surface area (Å²) in [6, 6.07) is 7.82. The first-order valence-electron chi connectivity index (χ1n) is 4.57. The lowest BCUT2D eigenvalue weighted by atomic mass is 9.92. The highest BCUT2D eigenvalue weighted by Crippen LogP contribution is 2.42. The van der Waals surface area contributed by atoms with E-state index >= 15 is 0 Å². The summed E-state index contributed by atoms with van der Waals surface area (Å²) in [4.78, 5) is 4.18. The molecule has 0 fully saturated rings. The molecule has 0 saturated carbocycles. The number of hydrogen-bond donors (Lipinski definition) is 1. The van der Waals surface area contributed by atoms with Gasteiger partial charge >= 0.3 is 0 Å². The van der Waals surface area contributed by atoms with Gasteiger partial charge in [0, 0.05) is 11.8 Å². The molecule has 0 amide bonds. The summed E-state index contributed by atoms with van der Waals surface area (Å²) in [7, 11) is 0. The first kappa shape index (κ1) is 7.71. The van der Waals surface area contributed by atoms with Crippen LogP contribution < -0.4 is 0 Å². The molecule has 2 aliphatic rings. The average molecular weight is 183 g/mol. The number of aliphatic imine (C=N–C) groups is 1. The number of hydrogen-bond acceptors (Lipinski definition) is 2. The monoisotopic (exact) mass is 183 g/mol. The first-order chi connectivity index (χ1) is 6.81. The van der Waals surface area contributed by atoms with Crippen LogP contribution in [-0.4, -0.2) is 11.3 Å². The number of nitrogens with zero attached hydrogens (tertiary/aromatic N) is 1. The van der Waals surface area contributed by atoms with Gasteiger partial charge in [0.05, 0.1) is 5.70 Å². The highest BCUT2D eigenvalue weighted by atomic mass is 16.3. The SMILES string of the molecule is OC12C=CC=NC1=Cc1ccccc12. The van der Waals surface area contributed by atoms with E-state index in [0.717, 1.165) is 11.1 Å². The summed E-state index contributed by atoms with van der Waals surface area (Å²) in [5, 5.41) is 10.4. The minimum atomic E-state index is -0.995. The smallest absolute Gasteiger partial charge is 0.151 e. The van der Waals surface area contributed by atoms with Crippen molar-refractivity contribution in [3.8, 4) is 0 Å². The summed E-state index contributed by atoms with van der Waals surface area (Å²) in [5.74, 6) is 0. The van der Waals surface area contributed by atoms with E-state index in [9.17, 15) is 5.11 Å². The number of allylic oxidation sites excluding steroid dienone is 1. The maximum absolute atomic E-state index is 10.4. The predicted octanol–water partition coefficient (Wildman–Crippen LogP) is 1.87. The molecule has 1 aliphatic heterocycles. The molecular formula is C12H9NO. The minimum Gasteiger partial charge on any atom is -0.375 e. The molecule has 1 aromatic rings. The maximum Gasteiger partial charge on any atom is 0.151 e. The second-order valence-corrected chi connectivity index (χ2v) is 3.52. The van der Waals surface area contributed by atoms with E-state index in [2.05, 4.69) is 4.99 Å². The second-order valence-electron chi connectivity index (χ2n) is 3.52. The molecule has 0 bridgehead atoms. The average Bonchev–Trinajstić information content (AvgIpc) is 2.51. The second kappa shape index (κ2) is 2.42. The number of benzene rings is 1. The third kappa shape index (κ3) is 0.809. The molecule has 1 N–H and O–H groups in total. The van der Waals surface area contributed by atoms with E-state index in [0.29, 0.717) is 5.70 Å². The molecule has 1 atom stereocenters. The Hall–Kier alpha value is -1.67. The van der Waals surface area contributed by atoms with Crippen molar-refractivity contribution in [2.24, 2.45) is 4.99 Å². The third-order valence-corrected chi connectivity index (χ3v) is 2.69. The van der Waals surface area contributed by atoms with Gasteiger partial charge in [0.2, 0.25) is 0 Å². The van der Waals surface area contributed by atoms with E-state index in [-0.39, 0.29) is 0 Å². The molecule has 3 rings (SSSR count). The van der Waals surface area contributed by atoms with Crippen LogP contribution in [0.2, 0.25) is 0 Å². The van der Waals surface area contributed by atoms with Crippen molar-refractivity contribution < 1.29 is 5.11 Å². The Morgan fingerprint density at radius 3 is 3.00 bits per heavy atom. The summed E-state index contributed by atoms with van der Waals surface area (Å²) in [5.41, 5.74) is 1.68. The summed E-state index contributed by atoms with van der Waals surface area (Å²) >= 11 is 0. The van der Waals surface area contributed by atoms with Crippen LogP contribution in [0, 0.1) is 0 Å². The van der Waals surface area contributed by atoms with Gasteiger partial charge in [0.1, 0.15) is 0 Å². The van der Waals surface area contributed by atoms with Gasteiger partial charge in [-0.25, -0.2) is 0 Å². The van der Waals surface area contributed by atoms with Crippen molar-refractivity contribution in [1.82, 2.24) is 0 Å². The van der Waals surface area contributed by atoms with Crippen LogP contribution in [0.5, 0.6) is 0 Å². The van der Waals surface area contributed by atoms with Crippen LogP contribution >= 0.6 is 0 Å². The lowest BCUT2D eigenvalue weighted by molar-refractivity contribution is 0.132. The molecule has 1 heterocycles. The highest BCUT2D eigenvalue weighted by Gasteiger charge is 2.38. The predicted molar refractivity (Wildman–Crippen MR) is 55.9 cm³/mol. The van der Waals surface area contributed by atoms with Crippen LogP contribution in [0.25, 0.3) is 6.08 Å². The Morgan fingerprint density at radius 2 is 2.07 bits per heavy atom. The van der Waals surface area contributed by atoms with Crippen molar-refractivity contribution in [2.75, 3.05) is 0 Å². The van der Waals surface area contributed by atoms with Gasteiger partial charge in [-0.05, 0) is 23.8 Å². The number of rotatable bonds is 0. The molecule has 68 valence electrons. The molecule has 0 aromatic heterocycles. The zero-order chi connectivity index (χ0) is 9.60. The number of aliphatic hydroxyl groups is 1. The fraction of sp³-hybridized carbons (Fsp3) is 0.0833. The van der Waals surface area contributed by atoms with Crippen molar-refractivity contribution >= 4 is 12.3 Å². The van der Waals surface area contributed by atoms with Gasteiger partial charge in [-0.1, -0.05) is 24.3 Å². The maximum atomic E-state index is 10.4. The Balaban J connectivity index is 2.30. The quantitative estimate of drug-likeness (QED) is 0.654. The lowest BCUT2D eigenvalue weighted by Gasteiger charge is -2.23. The van der Waals surface area contributed by atoms with Gasteiger partial charge in [0.15, 0.2) is 5.60 Å². The van der Waals surface area contributed by atoms with E-state index in [1.807, 2.05) is 30.3 Å². The van der Waals surface area contributed by atoms with Crippen molar-refractivity contribution in [3.63, 3.8) is 0 Å². The van der Waals surface area contributed by atoms with Crippen molar-refractivity contribution in [2.45, 2.75) is 5.60 Å². The van der Waals surface area contributed by atoms with Crippen LogP contribution in [0.1, 0.15) is 11.1 Å². The molecule has 1 aliphatic carbocycles. The summed E-state index contributed by atoms with van der Waals surface area (Å²) in [6.07, 6.45) is 7.18. The van der Waals surface area contributed by atoms with Crippen LogP contribution in [0.3, 0.4) is 0 Å². The molecule has 1 aromatic carbocycles. The van der Waals surface area contributed by atoms with Gasteiger partial charge in [-0.3, -0.25) is 4.99 Å².